The Bertz CT molecular complexity index is 498. The molecule has 0 aromatic carbocycles. The standard InChI is InChI=1S/C13H19N5O/c1-3-19-12-10-11(2)16-13(17-12)14-6-4-8-18-9-5-7-15-18/h5,7,9-10H,3-4,6,8H2,1-2H3,(H,14,16,17). The summed E-state index contributed by atoms with van der Waals surface area (Å²) < 4.78 is 7.29. The van der Waals surface area contributed by atoms with Crippen molar-refractivity contribution in [2.45, 2.75) is 26.8 Å². The van der Waals surface area contributed by atoms with Crippen molar-refractivity contribution in [1.29, 1.82) is 0 Å². The minimum Gasteiger partial charge on any atom is -0.478 e. The number of nitrogens with one attached hydrogen (secondary N) is 1. The first-order valence-electron chi connectivity index (χ1n) is 6.47. The molecule has 0 aliphatic heterocycles. The van der Waals surface area contributed by atoms with E-state index >= 15 is 0 Å². The first kappa shape index (κ1) is 13.3. The van der Waals surface area contributed by atoms with Gasteiger partial charge in [-0.2, -0.15) is 10.1 Å². The fourth-order valence-electron chi connectivity index (χ4n) is 1.71. The van der Waals surface area contributed by atoms with Crippen molar-refractivity contribution in [1.82, 2.24) is 19.7 Å². The summed E-state index contributed by atoms with van der Waals surface area (Å²) >= 11 is 0. The Kier molecular flexibility index (Phi) is 4.72. The smallest absolute Gasteiger partial charge is 0.226 e. The Labute approximate surface area is 112 Å². The van der Waals surface area contributed by atoms with E-state index in [-0.39, 0.29) is 0 Å². The number of hydrogen-bond donors (Lipinski definition) is 1. The van der Waals surface area contributed by atoms with Crippen LogP contribution in [0.2, 0.25) is 0 Å². The van der Waals surface area contributed by atoms with Gasteiger partial charge in [-0.05, 0) is 26.3 Å². The number of nitrogens with zero attached hydrogens (tertiary/aromatic N) is 4. The van der Waals surface area contributed by atoms with Crippen molar-refractivity contribution >= 4 is 5.95 Å². The summed E-state index contributed by atoms with van der Waals surface area (Å²) in [6.07, 6.45) is 4.70. The number of aromatic nitrogens is 4. The average Bonchev–Trinajstić information content (AvgIpc) is 2.87. The fourth-order valence-corrected chi connectivity index (χ4v) is 1.71. The largest absolute Gasteiger partial charge is 0.478 e. The average molecular weight is 261 g/mol. The molecule has 0 spiro atoms. The van der Waals surface area contributed by atoms with Gasteiger partial charge in [-0.1, -0.05) is 0 Å². The Morgan fingerprint density at radius 1 is 1.37 bits per heavy atom. The minimum atomic E-state index is 0.606. The Morgan fingerprint density at radius 2 is 2.26 bits per heavy atom. The van der Waals surface area contributed by atoms with Crippen LogP contribution in [0.25, 0.3) is 0 Å². The molecule has 0 saturated heterocycles. The van der Waals surface area contributed by atoms with Crippen LogP contribution in [-0.2, 0) is 6.54 Å². The lowest BCUT2D eigenvalue weighted by molar-refractivity contribution is 0.326. The van der Waals surface area contributed by atoms with Crippen LogP contribution in [0.5, 0.6) is 5.88 Å². The topological polar surface area (TPSA) is 64.9 Å². The Morgan fingerprint density at radius 3 is 3.00 bits per heavy atom. The summed E-state index contributed by atoms with van der Waals surface area (Å²) in [7, 11) is 0. The lowest BCUT2D eigenvalue weighted by Crippen LogP contribution is -2.10. The van der Waals surface area contributed by atoms with E-state index in [1.165, 1.54) is 0 Å². The molecular formula is C13H19N5O. The van der Waals surface area contributed by atoms with Crippen LogP contribution in [-0.4, -0.2) is 32.9 Å². The first-order valence-corrected chi connectivity index (χ1v) is 6.47. The van der Waals surface area contributed by atoms with Gasteiger partial charge in [-0.3, -0.25) is 4.68 Å². The van der Waals surface area contributed by atoms with Gasteiger partial charge in [0.05, 0.1) is 6.61 Å². The van der Waals surface area contributed by atoms with Gasteiger partial charge >= 0.3 is 0 Å². The van der Waals surface area contributed by atoms with E-state index in [1.807, 2.05) is 36.9 Å². The van der Waals surface area contributed by atoms with E-state index in [1.54, 1.807) is 6.20 Å². The van der Waals surface area contributed by atoms with Crippen LogP contribution in [0.1, 0.15) is 19.0 Å². The van der Waals surface area contributed by atoms with Crippen LogP contribution in [0.3, 0.4) is 0 Å². The normalized spacial score (nSPS) is 10.4. The summed E-state index contributed by atoms with van der Waals surface area (Å²) in [5.41, 5.74) is 0.896. The van der Waals surface area contributed by atoms with Gasteiger partial charge in [0.15, 0.2) is 0 Å². The maximum Gasteiger partial charge on any atom is 0.226 e. The van der Waals surface area contributed by atoms with Gasteiger partial charge in [-0.15, -0.1) is 0 Å². The third kappa shape index (κ3) is 4.24. The summed E-state index contributed by atoms with van der Waals surface area (Å²) in [5, 5.41) is 7.35. The molecule has 0 saturated carbocycles. The third-order valence-corrected chi connectivity index (χ3v) is 2.53. The number of aryl methyl sites for hydroxylation is 2. The van der Waals surface area contributed by atoms with Crippen LogP contribution in [0.15, 0.2) is 24.5 Å². The van der Waals surface area contributed by atoms with E-state index in [2.05, 4.69) is 20.4 Å². The molecule has 0 radical (unpaired) electrons. The Hall–Kier alpha value is -2.11. The van der Waals surface area contributed by atoms with Gasteiger partial charge < -0.3 is 10.1 Å². The van der Waals surface area contributed by atoms with Crippen LogP contribution in [0.4, 0.5) is 5.95 Å². The molecule has 6 heteroatoms. The molecule has 0 aliphatic rings. The molecule has 0 unspecified atom stereocenters. The molecule has 19 heavy (non-hydrogen) atoms. The van der Waals surface area contributed by atoms with Crippen LogP contribution >= 0.6 is 0 Å². The first-order chi connectivity index (χ1) is 9.28. The zero-order valence-corrected chi connectivity index (χ0v) is 11.3. The highest BCUT2D eigenvalue weighted by Gasteiger charge is 2.02. The van der Waals surface area contributed by atoms with E-state index in [0.717, 1.165) is 25.2 Å². The van der Waals surface area contributed by atoms with E-state index in [0.29, 0.717) is 18.4 Å². The second kappa shape index (κ2) is 6.72. The van der Waals surface area contributed by atoms with Gasteiger partial charge in [0.1, 0.15) is 0 Å². The predicted octanol–water partition coefficient (Wildman–Crippen LogP) is 1.88. The zero-order chi connectivity index (χ0) is 13.5. The zero-order valence-electron chi connectivity index (χ0n) is 11.3. The number of anilines is 1. The number of ether oxygens (including phenoxy) is 1. The van der Waals surface area contributed by atoms with Gasteiger partial charge in [0.2, 0.25) is 11.8 Å². The molecular weight excluding hydrogens is 242 g/mol. The molecule has 0 bridgehead atoms. The van der Waals surface area contributed by atoms with Crippen LogP contribution in [0, 0.1) is 6.92 Å². The second-order valence-electron chi connectivity index (χ2n) is 4.15. The molecule has 6 nitrogen and oxygen atoms in total. The van der Waals surface area contributed by atoms with Crippen molar-refractivity contribution in [2.75, 3.05) is 18.5 Å². The minimum absolute atomic E-state index is 0.606. The molecule has 2 heterocycles. The molecule has 2 rings (SSSR count). The molecule has 2 aromatic rings. The molecule has 0 atom stereocenters. The van der Waals surface area contributed by atoms with E-state index in [4.69, 9.17) is 4.74 Å². The Balaban J connectivity index is 1.81. The highest BCUT2D eigenvalue weighted by Crippen LogP contribution is 2.11. The van der Waals surface area contributed by atoms with Crippen LogP contribution < -0.4 is 10.1 Å². The lowest BCUT2D eigenvalue weighted by Gasteiger charge is -2.08. The van der Waals surface area contributed by atoms with Crippen molar-refractivity contribution < 1.29 is 4.74 Å². The SMILES string of the molecule is CCOc1cc(C)nc(NCCCn2cccn2)n1. The van der Waals surface area contributed by atoms with Crippen molar-refractivity contribution in [3.05, 3.63) is 30.2 Å². The van der Waals surface area contributed by atoms with Gasteiger partial charge in [0, 0.05) is 37.2 Å². The summed E-state index contributed by atoms with van der Waals surface area (Å²) in [4.78, 5) is 8.62. The highest BCUT2D eigenvalue weighted by atomic mass is 16.5. The summed E-state index contributed by atoms with van der Waals surface area (Å²) in [5.74, 6) is 1.23. The molecule has 1 N–H and O–H groups in total. The third-order valence-electron chi connectivity index (χ3n) is 2.53. The molecule has 2 aromatic heterocycles. The van der Waals surface area contributed by atoms with E-state index < -0.39 is 0 Å². The van der Waals surface area contributed by atoms with Crippen molar-refractivity contribution in [3.63, 3.8) is 0 Å². The van der Waals surface area contributed by atoms with E-state index in [9.17, 15) is 0 Å². The van der Waals surface area contributed by atoms with Crippen molar-refractivity contribution in [2.24, 2.45) is 0 Å². The lowest BCUT2D eigenvalue weighted by atomic mass is 10.4. The van der Waals surface area contributed by atoms with Gasteiger partial charge in [0.25, 0.3) is 0 Å². The molecule has 102 valence electrons. The van der Waals surface area contributed by atoms with Crippen molar-refractivity contribution in [3.8, 4) is 5.88 Å². The molecule has 0 fully saturated rings. The number of rotatable bonds is 7. The summed E-state index contributed by atoms with van der Waals surface area (Å²) in [6.45, 7) is 6.15. The maximum atomic E-state index is 5.39. The predicted molar refractivity (Wildman–Crippen MR) is 73.3 cm³/mol. The summed E-state index contributed by atoms with van der Waals surface area (Å²) in [6, 6.07) is 3.75. The fraction of sp³-hybridized carbons (Fsp3) is 0.462. The molecule has 0 amide bonds. The highest BCUT2D eigenvalue weighted by molar-refractivity contribution is 5.30. The monoisotopic (exact) mass is 261 g/mol. The second-order valence-corrected chi connectivity index (χ2v) is 4.15. The quantitative estimate of drug-likeness (QED) is 0.771. The maximum absolute atomic E-state index is 5.39. The molecule has 0 aliphatic carbocycles. The number of hydrogen-bond acceptors (Lipinski definition) is 5. The van der Waals surface area contributed by atoms with Gasteiger partial charge in [-0.25, -0.2) is 4.98 Å².